The van der Waals surface area contributed by atoms with Crippen molar-refractivity contribution in [1.82, 2.24) is 4.90 Å². The summed E-state index contributed by atoms with van der Waals surface area (Å²) in [5, 5.41) is -0.116. The Morgan fingerprint density at radius 3 is 2.65 bits per heavy atom. The monoisotopic (exact) mass is 268 g/mol. The zero-order valence-corrected chi connectivity index (χ0v) is 10.1. The van der Waals surface area contributed by atoms with Gasteiger partial charge in [-0.2, -0.15) is 13.2 Å². The zero-order valence-electron chi connectivity index (χ0n) is 9.24. The first-order chi connectivity index (χ1) is 7.89. The summed E-state index contributed by atoms with van der Waals surface area (Å²) in [6.45, 7) is -0.228. The molecule has 2 aliphatic heterocycles. The molecule has 3 atom stereocenters. The summed E-state index contributed by atoms with van der Waals surface area (Å²) in [4.78, 5) is 13.2. The number of hydrogen-bond donors (Lipinski definition) is 1. The van der Waals surface area contributed by atoms with Crippen molar-refractivity contribution < 1.29 is 18.0 Å². The molecule has 0 unspecified atom stereocenters. The molecule has 7 heteroatoms. The number of carbonyl (C=O) groups excluding carboxylic acids is 1. The summed E-state index contributed by atoms with van der Waals surface area (Å²) in [5.41, 5.74) is 5.65. The van der Waals surface area contributed by atoms with Crippen molar-refractivity contribution in [1.29, 1.82) is 0 Å². The average molecular weight is 268 g/mol. The SMILES string of the molecule is N[C@H]1CCS[C@H]2CC[C@@H](C(F)(F)F)CN2C1=O. The molecule has 2 fully saturated rings. The molecule has 1 amide bonds. The van der Waals surface area contributed by atoms with Crippen LogP contribution >= 0.6 is 11.8 Å². The van der Waals surface area contributed by atoms with E-state index in [1.54, 1.807) is 11.8 Å². The Labute approximate surface area is 102 Å². The number of hydrogen-bond acceptors (Lipinski definition) is 3. The molecule has 2 rings (SSSR count). The van der Waals surface area contributed by atoms with Gasteiger partial charge in [0, 0.05) is 6.54 Å². The molecule has 0 aliphatic carbocycles. The minimum atomic E-state index is -4.22. The third kappa shape index (κ3) is 2.70. The van der Waals surface area contributed by atoms with Crippen molar-refractivity contribution in [3.05, 3.63) is 0 Å². The topological polar surface area (TPSA) is 46.3 Å². The van der Waals surface area contributed by atoms with E-state index in [-0.39, 0.29) is 24.2 Å². The third-order valence-electron chi connectivity index (χ3n) is 3.33. The van der Waals surface area contributed by atoms with E-state index in [4.69, 9.17) is 5.73 Å². The largest absolute Gasteiger partial charge is 0.393 e. The van der Waals surface area contributed by atoms with Crippen LogP contribution in [0.2, 0.25) is 0 Å². The summed E-state index contributed by atoms with van der Waals surface area (Å²) < 4.78 is 37.9. The molecule has 0 bridgehead atoms. The first-order valence-electron chi connectivity index (χ1n) is 5.64. The molecule has 17 heavy (non-hydrogen) atoms. The van der Waals surface area contributed by atoms with Gasteiger partial charge in [0.15, 0.2) is 0 Å². The van der Waals surface area contributed by atoms with Crippen molar-refractivity contribution in [2.24, 2.45) is 11.7 Å². The van der Waals surface area contributed by atoms with Gasteiger partial charge < -0.3 is 10.6 Å². The van der Waals surface area contributed by atoms with Crippen LogP contribution in [-0.2, 0) is 4.79 Å². The summed E-state index contributed by atoms with van der Waals surface area (Å²) in [6, 6.07) is -0.639. The highest BCUT2D eigenvalue weighted by Gasteiger charge is 2.46. The van der Waals surface area contributed by atoms with E-state index in [2.05, 4.69) is 0 Å². The quantitative estimate of drug-likeness (QED) is 0.725. The molecule has 0 radical (unpaired) electrons. The average Bonchev–Trinajstić information content (AvgIpc) is 2.39. The molecular weight excluding hydrogens is 253 g/mol. The highest BCUT2D eigenvalue weighted by atomic mass is 32.2. The molecule has 0 saturated carbocycles. The fourth-order valence-electron chi connectivity index (χ4n) is 2.29. The number of alkyl halides is 3. The molecule has 0 aromatic carbocycles. The van der Waals surface area contributed by atoms with Gasteiger partial charge in [0.25, 0.3) is 0 Å². The van der Waals surface area contributed by atoms with Crippen LogP contribution in [0.5, 0.6) is 0 Å². The van der Waals surface area contributed by atoms with Gasteiger partial charge in [-0.15, -0.1) is 11.8 Å². The summed E-state index contributed by atoms with van der Waals surface area (Å²) >= 11 is 1.55. The molecular formula is C10H15F3N2OS. The number of fused-ring (bicyclic) bond motifs is 1. The van der Waals surface area contributed by atoms with Gasteiger partial charge in [0.05, 0.1) is 17.3 Å². The maximum absolute atomic E-state index is 12.6. The van der Waals surface area contributed by atoms with E-state index in [9.17, 15) is 18.0 Å². The molecule has 2 saturated heterocycles. The van der Waals surface area contributed by atoms with Crippen molar-refractivity contribution >= 4 is 17.7 Å². The first-order valence-corrected chi connectivity index (χ1v) is 6.69. The Bertz CT molecular complexity index is 310. The Kier molecular flexibility index (Phi) is 3.58. The fraction of sp³-hybridized carbons (Fsp3) is 0.900. The third-order valence-corrected chi connectivity index (χ3v) is 4.68. The molecule has 0 aromatic rings. The summed E-state index contributed by atoms with van der Waals surface area (Å²) in [5.74, 6) is -0.979. The maximum Gasteiger partial charge on any atom is 0.393 e. The van der Waals surface area contributed by atoms with Crippen LogP contribution in [0.4, 0.5) is 13.2 Å². The standard InChI is InChI=1S/C10H15F3N2OS/c11-10(12,13)6-1-2-8-15(5-6)9(16)7(14)3-4-17-8/h6-8H,1-5,14H2/t6-,7+,8+/m1/s1. The van der Waals surface area contributed by atoms with Crippen LogP contribution in [-0.4, -0.2) is 40.7 Å². The number of thioether (sulfide) groups is 1. The van der Waals surface area contributed by atoms with Gasteiger partial charge in [-0.25, -0.2) is 0 Å². The van der Waals surface area contributed by atoms with E-state index >= 15 is 0 Å². The fourth-order valence-corrected chi connectivity index (χ4v) is 3.62. The number of amides is 1. The molecule has 98 valence electrons. The lowest BCUT2D eigenvalue weighted by Crippen LogP contribution is -2.52. The predicted octanol–water partition coefficient (Wildman–Crippen LogP) is 1.58. The Morgan fingerprint density at radius 2 is 2.00 bits per heavy atom. The van der Waals surface area contributed by atoms with Crippen molar-refractivity contribution in [2.45, 2.75) is 36.9 Å². The van der Waals surface area contributed by atoms with Gasteiger partial charge in [0.2, 0.25) is 5.91 Å². The minimum absolute atomic E-state index is 0.111. The second-order valence-electron chi connectivity index (χ2n) is 4.53. The van der Waals surface area contributed by atoms with Gasteiger partial charge in [0.1, 0.15) is 0 Å². The van der Waals surface area contributed by atoms with E-state index in [0.717, 1.165) is 5.75 Å². The van der Waals surface area contributed by atoms with Crippen molar-refractivity contribution in [3.8, 4) is 0 Å². The van der Waals surface area contributed by atoms with Crippen LogP contribution in [0.1, 0.15) is 19.3 Å². The summed E-state index contributed by atoms with van der Waals surface area (Å²) in [6.07, 6.45) is -3.15. The van der Waals surface area contributed by atoms with Gasteiger partial charge in [-0.05, 0) is 25.0 Å². The lowest BCUT2D eigenvalue weighted by atomic mass is 9.96. The van der Waals surface area contributed by atoms with Crippen LogP contribution < -0.4 is 5.73 Å². The molecule has 3 nitrogen and oxygen atoms in total. The lowest BCUT2D eigenvalue weighted by molar-refractivity contribution is -0.189. The molecule has 2 aliphatic rings. The number of nitrogens with two attached hydrogens (primary N) is 1. The van der Waals surface area contributed by atoms with Crippen molar-refractivity contribution in [2.75, 3.05) is 12.3 Å². The van der Waals surface area contributed by atoms with Gasteiger partial charge in [-0.3, -0.25) is 4.79 Å². The van der Waals surface area contributed by atoms with Crippen LogP contribution in [0.3, 0.4) is 0 Å². The number of carbonyl (C=O) groups is 1. The highest BCUT2D eigenvalue weighted by Crippen LogP contribution is 2.39. The molecule has 2 heterocycles. The van der Waals surface area contributed by atoms with Crippen molar-refractivity contribution in [3.63, 3.8) is 0 Å². The van der Waals surface area contributed by atoms with E-state index in [1.807, 2.05) is 0 Å². The Hall–Kier alpha value is -0.430. The van der Waals surface area contributed by atoms with Crippen LogP contribution in [0.15, 0.2) is 0 Å². The minimum Gasteiger partial charge on any atom is -0.329 e. The predicted molar refractivity (Wildman–Crippen MR) is 59.3 cm³/mol. The van der Waals surface area contributed by atoms with E-state index in [1.165, 1.54) is 4.90 Å². The Balaban J connectivity index is 2.12. The van der Waals surface area contributed by atoms with Gasteiger partial charge in [-0.1, -0.05) is 0 Å². The zero-order chi connectivity index (χ0) is 12.6. The Morgan fingerprint density at radius 1 is 1.29 bits per heavy atom. The number of piperidine rings is 1. The number of nitrogens with zero attached hydrogens (tertiary/aromatic N) is 1. The van der Waals surface area contributed by atoms with E-state index < -0.39 is 18.1 Å². The van der Waals surface area contributed by atoms with E-state index in [0.29, 0.717) is 12.8 Å². The number of rotatable bonds is 0. The second kappa shape index (κ2) is 4.68. The molecule has 2 N–H and O–H groups in total. The molecule has 0 aromatic heterocycles. The normalized spacial score (nSPS) is 35.4. The second-order valence-corrected chi connectivity index (χ2v) is 5.81. The highest BCUT2D eigenvalue weighted by molar-refractivity contribution is 7.99. The lowest BCUT2D eigenvalue weighted by Gasteiger charge is -2.39. The van der Waals surface area contributed by atoms with Gasteiger partial charge >= 0.3 is 6.18 Å². The summed E-state index contributed by atoms with van der Waals surface area (Å²) in [7, 11) is 0. The van der Waals surface area contributed by atoms with Crippen LogP contribution in [0.25, 0.3) is 0 Å². The number of halogens is 3. The smallest absolute Gasteiger partial charge is 0.329 e. The van der Waals surface area contributed by atoms with Crippen LogP contribution in [0, 0.1) is 5.92 Å². The first kappa shape index (κ1) is 13.0. The molecule has 0 spiro atoms. The maximum atomic E-state index is 12.6.